The number of aliphatic hydroxyl groups excluding tert-OH is 1. The molecule has 1 aliphatic rings. The van der Waals surface area contributed by atoms with Crippen LogP contribution in [-0.4, -0.2) is 54.3 Å². The van der Waals surface area contributed by atoms with E-state index in [1.807, 2.05) is 6.20 Å². The predicted octanol–water partition coefficient (Wildman–Crippen LogP) is 2.35. The second-order valence-electron chi connectivity index (χ2n) is 6.40. The van der Waals surface area contributed by atoms with Crippen LogP contribution in [0.3, 0.4) is 0 Å². The molecule has 1 aromatic carbocycles. The van der Waals surface area contributed by atoms with E-state index in [-0.39, 0.29) is 6.61 Å². The molecule has 1 saturated heterocycles. The maximum absolute atomic E-state index is 9.28. The number of fused-ring (bicyclic) bond motifs is 1. The molecular formula is C18H25N3O. The van der Waals surface area contributed by atoms with Gasteiger partial charge in [0.05, 0.1) is 5.52 Å². The molecule has 4 heteroatoms. The monoisotopic (exact) mass is 299 g/mol. The second kappa shape index (κ2) is 6.23. The van der Waals surface area contributed by atoms with Gasteiger partial charge in [0, 0.05) is 49.6 Å². The lowest BCUT2D eigenvalue weighted by atomic mass is 10.0. The number of hydrogen-bond donors (Lipinski definition) is 1. The summed E-state index contributed by atoms with van der Waals surface area (Å²) < 4.78 is 0. The Kier molecular flexibility index (Phi) is 4.32. The summed E-state index contributed by atoms with van der Waals surface area (Å²) in [4.78, 5) is 9.37. The van der Waals surface area contributed by atoms with Crippen LogP contribution in [0.25, 0.3) is 10.9 Å². The normalized spacial score (nSPS) is 19.8. The molecule has 0 radical (unpaired) electrons. The van der Waals surface area contributed by atoms with Crippen molar-refractivity contribution >= 4 is 16.6 Å². The molecule has 0 bridgehead atoms. The predicted molar refractivity (Wildman–Crippen MR) is 91.6 cm³/mol. The van der Waals surface area contributed by atoms with Gasteiger partial charge in [0.15, 0.2) is 0 Å². The van der Waals surface area contributed by atoms with E-state index in [0.717, 1.165) is 31.6 Å². The second-order valence-corrected chi connectivity index (χ2v) is 6.40. The quantitative estimate of drug-likeness (QED) is 0.944. The summed E-state index contributed by atoms with van der Waals surface area (Å²) in [6, 6.07) is 6.97. The lowest BCUT2D eigenvalue weighted by molar-refractivity contribution is 0.171. The number of pyridine rings is 1. The van der Waals surface area contributed by atoms with Gasteiger partial charge >= 0.3 is 0 Å². The average Bonchev–Trinajstić information content (AvgIpc) is 2.49. The Morgan fingerprint density at radius 2 is 2.09 bits per heavy atom. The third-order valence-electron chi connectivity index (χ3n) is 4.74. The molecular weight excluding hydrogens is 274 g/mol. The van der Waals surface area contributed by atoms with Crippen LogP contribution in [0.5, 0.6) is 0 Å². The lowest BCUT2D eigenvalue weighted by Crippen LogP contribution is -2.51. The summed E-state index contributed by atoms with van der Waals surface area (Å²) in [5.74, 6) is 0. The Labute approximate surface area is 132 Å². The van der Waals surface area contributed by atoms with Crippen molar-refractivity contribution in [3.05, 3.63) is 35.5 Å². The first kappa shape index (κ1) is 15.3. The Hall–Kier alpha value is -1.65. The molecule has 0 spiro atoms. The summed E-state index contributed by atoms with van der Waals surface area (Å²) in [6.45, 7) is 7.53. The zero-order chi connectivity index (χ0) is 15.7. The van der Waals surface area contributed by atoms with Crippen molar-refractivity contribution < 1.29 is 5.11 Å². The summed E-state index contributed by atoms with van der Waals surface area (Å²) in [7, 11) is 2.15. The highest BCUT2D eigenvalue weighted by Crippen LogP contribution is 2.30. The summed E-state index contributed by atoms with van der Waals surface area (Å²) >= 11 is 0. The van der Waals surface area contributed by atoms with Gasteiger partial charge in [-0.25, -0.2) is 0 Å². The van der Waals surface area contributed by atoms with Gasteiger partial charge in [-0.3, -0.25) is 9.88 Å². The third-order valence-corrected chi connectivity index (χ3v) is 4.74. The van der Waals surface area contributed by atoms with E-state index < -0.39 is 0 Å². The first-order valence-electron chi connectivity index (χ1n) is 8.02. The smallest absolute Gasteiger partial charge is 0.0752 e. The zero-order valence-corrected chi connectivity index (χ0v) is 13.7. The third kappa shape index (κ3) is 2.81. The fraction of sp³-hybridized carbons (Fsp3) is 0.500. The van der Waals surface area contributed by atoms with Crippen LogP contribution in [0, 0.1) is 13.8 Å². The number of benzene rings is 1. The lowest BCUT2D eigenvalue weighted by Gasteiger charge is -2.41. The molecule has 118 valence electrons. The summed E-state index contributed by atoms with van der Waals surface area (Å²) in [5.41, 5.74) is 4.88. The highest BCUT2D eigenvalue weighted by Gasteiger charge is 2.25. The largest absolute Gasteiger partial charge is 0.396 e. The Bertz CT molecular complexity index is 671. The molecule has 1 N–H and O–H groups in total. The molecule has 1 unspecified atom stereocenters. The van der Waals surface area contributed by atoms with Crippen molar-refractivity contribution in [2.45, 2.75) is 26.3 Å². The maximum atomic E-state index is 9.28. The Morgan fingerprint density at radius 1 is 1.27 bits per heavy atom. The number of piperazine rings is 1. The van der Waals surface area contributed by atoms with E-state index in [1.165, 1.54) is 22.2 Å². The standard InChI is InChI=1S/C18H25N3O/c1-13-10-14(2)18-16(11-13)17(4-6-19-18)21-8-7-20(3)15(12-21)5-9-22/h4,6,10-11,15,22H,5,7-9,12H2,1-3H3. The van der Waals surface area contributed by atoms with Crippen LogP contribution in [0.2, 0.25) is 0 Å². The fourth-order valence-corrected chi connectivity index (χ4v) is 3.50. The van der Waals surface area contributed by atoms with Crippen LogP contribution in [-0.2, 0) is 0 Å². The number of nitrogens with zero attached hydrogens (tertiary/aromatic N) is 3. The topological polar surface area (TPSA) is 39.6 Å². The van der Waals surface area contributed by atoms with Crippen molar-refractivity contribution in [3.8, 4) is 0 Å². The number of aliphatic hydroxyl groups is 1. The number of hydrogen-bond acceptors (Lipinski definition) is 4. The van der Waals surface area contributed by atoms with Crippen LogP contribution in [0.1, 0.15) is 17.5 Å². The minimum absolute atomic E-state index is 0.248. The van der Waals surface area contributed by atoms with E-state index >= 15 is 0 Å². The van der Waals surface area contributed by atoms with Gasteiger partial charge in [0.25, 0.3) is 0 Å². The SMILES string of the molecule is Cc1cc(C)c2nccc(N3CCN(C)C(CCO)C3)c2c1. The minimum atomic E-state index is 0.248. The van der Waals surface area contributed by atoms with Gasteiger partial charge in [-0.2, -0.15) is 0 Å². The average molecular weight is 299 g/mol. The molecule has 0 aliphatic carbocycles. The number of aryl methyl sites for hydroxylation is 2. The number of aromatic nitrogens is 1. The highest BCUT2D eigenvalue weighted by molar-refractivity contribution is 5.94. The van der Waals surface area contributed by atoms with Gasteiger partial charge in [-0.15, -0.1) is 0 Å². The number of anilines is 1. The molecule has 22 heavy (non-hydrogen) atoms. The molecule has 0 saturated carbocycles. The molecule has 1 fully saturated rings. The minimum Gasteiger partial charge on any atom is -0.396 e. The van der Waals surface area contributed by atoms with Crippen molar-refractivity contribution in [2.24, 2.45) is 0 Å². The fourth-order valence-electron chi connectivity index (χ4n) is 3.50. The Balaban J connectivity index is 1.99. The molecule has 0 amide bonds. The molecule has 4 nitrogen and oxygen atoms in total. The summed E-state index contributed by atoms with van der Waals surface area (Å²) in [5, 5.41) is 10.5. The molecule has 1 aromatic heterocycles. The van der Waals surface area contributed by atoms with Gasteiger partial charge in [-0.1, -0.05) is 11.6 Å². The van der Waals surface area contributed by atoms with Crippen LogP contribution in [0.15, 0.2) is 24.4 Å². The van der Waals surface area contributed by atoms with E-state index in [9.17, 15) is 5.11 Å². The van der Waals surface area contributed by atoms with Crippen molar-refractivity contribution in [1.82, 2.24) is 9.88 Å². The van der Waals surface area contributed by atoms with Gasteiger partial charge in [0.2, 0.25) is 0 Å². The molecule has 3 rings (SSSR count). The molecule has 1 atom stereocenters. The van der Waals surface area contributed by atoms with Gasteiger partial charge in [-0.05, 0) is 45.0 Å². The Morgan fingerprint density at radius 3 is 2.86 bits per heavy atom. The van der Waals surface area contributed by atoms with Crippen molar-refractivity contribution in [2.75, 3.05) is 38.2 Å². The summed E-state index contributed by atoms with van der Waals surface area (Å²) in [6.07, 6.45) is 2.74. The van der Waals surface area contributed by atoms with E-state index in [0.29, 0.717) is 6.04 Å². The van der Waals surface area contributed by atoms with Crippen LogP contribution < -0.4 is 4.90 Å². The number of rotatable bonds is 3. The molecule has 1 aliphatic heterocycles. The van der Waals surface area contributed by atoms with Crippen LogP contribution >= 0.6 is 0 Å². The van der Waals surface area contributed by atoms with Gasteiger partial charge < -0.3 is 10.0 Å². The van der Waals surface area contributed by atoms with E-state index in [2.05, 4.69) is 53.9 Å². The first-order valence-corrected chi connectivity index (χ1v) is 8.02. The van der Waals surface area contributed by atoms with Crippen molar-refractivity contribution in [3.63, 3.8) is 0 Å². The molecule has 2 heterocycles. The molecule has 2 aromatic rings. The van der Waals surface area contributed by atoms with Gasteiger partial charge in [0.1, 0.15) is 0 Å². The number of likely N-dealkylation sites (N-methyl/N-ethyl adjacent to an activating group) is 1. The van der Waals surface area contributed by atoms with E-state index in [1.54, 1.807) is 0 Å². The highest BCUT2D eigenvalue weighted by atomic mass is 16.3. The van der Waals surface area contributed by atoms with Crippen molar-refractivity contribution in [1.29, 1.82) is 0 Å². The van der Waals surface area contributed by atoms with Crippen LogP contribution in [0.4, 0.5) is 5.69 Å². The maximum Gasteiger partial charge on any atom is 0.0752 e. The zero-order valence-electron chi connectivity index (χ0n) is 13.7. The first-order chi connectivity index (χ1) is 10.6. The van der Waals surface area contributed by atoms with E-state index in [4.69, 9.17) is 0 Å².